The van der Waals surface area contributed by atoms with Crippen molar-refractivity contribution in [3.8, 4) is 0 Å². The quantitative estimate of drug-likeness (QED) is 0.221. The molecule has 1 N–H and O–H groups in total. The van der Waals surface area contributed by atoms with Gasteiger partial charge < -0.3 is 9.84 Å². The van der Waals surface area contributed by atoms with Crippen LogP contribution in [-0.4, -0.2) is 22.2 Å². The van der Waals surface area contributed by atoms with E-state index in [1.54, 1.807) is 12.1 Å². The van der Waals surface area contributed by atoms with Crippen LogP contribution >= 0.6 is 0 Å². The normalized spacial score (nSPS) is 11.4. The van der Waals surface area contributed by atoms with Crippen molar-refractivity contribution in [1.29, 1.82) is 0 Å². The molecule has 4 rings (SSSR count). The third kappa shape index (κ3) is 5.52. The molecule has 0 saturated carbocycles. The Bertz CT molecular complexity index is 1250. The number of rotatable bonds is 9. The van der Waals surface area contributed by atoms with Crippen molar-refractivity contribution in [3.05, 3.63) is 125 Å². The Balaban J connectivity index is 1.43. The van der Waals surface area contributed by atoms with Crippen molar-refractivity contribution in [2.45, 2.75) is 45.9 Å². The summed E-state index contributed by atoms with van der Waals surface area (Å²) >= 11 is 0. The number of aromatic nitrogens is 2. The summed E-state index contributed by atoms with van der Waals surface area (Å²) in [7, 11) is 0. The predicted molar refractivity (Wildman–Crippen MR) is 136 cm³/mol. The summed E-state index contributed by atoms with van der Waals surface area (Å²) in [4.78, 5) is 13.3. The average molecular weight is 470 g/mol. The molecule has 0 aliphatic heterocycles. The maximum atomic E-state index is 13.3. The van der Waals surface area contributed by atoms with Gasteiger partial charge in [0.1, 0.15) is 18.9 Å². The standard InChI is InChI=1S/C30H33N2O3/c1-23-10-7-14-27(20-23)30(34,28-15-8-11-24(2)21-28)29(33)35-19-9-16-31-17-18-32(25(31)3)22-26-12-5-4-6-13-26/h4-8,10-15,17-18,20-21,34H,9,16,19,22H2,1-3H3/q+1. The number of nitrogens with zero attached hydrogens (tertiary/aromatic N) is 2. The maximum absolute atomic E-state index is 13.3. The van der Waals surface area contributed by atoms with E-state index in [0.29, 0.717) is 24.1 Å². The minimum atomic E-state index is -1.86. The number of carbonyl (C=O) groups excluding carboxylic acids is 1. The molecule has 0 spiro atoms. The van der Waals surface area contributed by atoms with Gasteiger partial charge in [0.2, 0.25) is 5.60 Å². The van der Waals surface area contributed by atoms with Crippen LogP contribution in [0.3, 0.4) is 0 Å². The number of carbonyl (C=O) groups is 1. The lowest BCUT2D eigenvalue weighted by Gasteiger charge is -2.27. The summed E-state index contributed by atoms with van der Waals surface area (Å²) in [5.41, 5.74) is 2.34. The van der Waals surface area contributed by atoms with Gasteiger partial charge in [0.15, 0.2) is 0 Å². The largest absolute Gasteiger partial charge is 0.463 e. The molecule has 0 bridgehead atoms. The monoisotopic (exact) mass is 469 g/mol. The molecule has 4 aromatic rings. The van der Waals surface area contributed by atoms with Gasteiger partial charge in [0, 0.05) is 13.3 Å². The van der Waals surface area contributed by atoms with Gasteiger partial charge in [-0.1, -0.05) is 90.0 Å². The molecule has 180 valence electrons. The van der Waals surface area contributed by atoms with Crippen LogP contribution in [0.1, 0.15) is 40.1 Å². The molecule has 5 heteroatoms. The Labute approximate surface area is 207 Å². The lowest BCUT2D eigenvalue weighted by Crippen LogP contribution is -2.39. The fourth-order valence-corrected chi connectivity index (χ4v) is 4.37. The van der Waals surface area contributed by atoms with Crippen LogP contribution in [0.15, 0.2) is 91.3 Å². The highest BCUT2D eigenvalue weighted by Crippen LogP contribution is 2.32. The lowest BCUT2D eigenvalue weighted by molar-refractivity contribution is -0.694. The van der Waals surface area contributed by atoms with Crippen LogP contribution in [0.25, 0.3) is 0 Å². The van der Waals surface area contributed by atoms with E-state index in [-0.39, 0.29) is 6.61 Å². The molecule has 0 aliphatic rings. The number of benzene rings is 3. The molecule has 0 radical (unpaired) electrons. The van der Waals surface area contributed by atoms with E-state index in [0.717, 1.165) is 23.5 Å². The van der Waals surface area contributed by atoms with E-state index in [4.69, 9.17) is 4.74 Å². The first-order chi connectivity index (χ1) is 16.9. The van der Waals surface area contributed by atoms with Gasteiger partial charge in [0.25, 0.3) is 5.82 Å². The first-order valence-electron chi connectivity index (χ1n) is 12.0. The molecule has 0 fully saturated rings. The van der Waals surface area contributed by atoms with Crippen molar-refractivity contribution in [2.75, 3.05) is 6.61 Å². The molecule has 0 saturated heterocycles. The maximum Gasteiger partial charge on any atom is 0.347 e. The van der Waals surface area contributed by atoms with E-state index in [9.17, 15) is 9.90 Å². The highest BCUT2D eigenvalue weighted by Gasteiger charge is 2.41. The van der Waals surface area contributed by atoms with Gasteiger partial charge >= 0.3 is 5.97 Å². The first kappa shape index (κ1) is 24.4. The SMILES string of the molecule is Cc1cccc(C(O)(C(=O)OCCCn2cc[n+](Cc3ccccc3)c2C)c2cccc(C)c2)c1. The van der Waals surface area contributed by atoms with Crippen molar-refractivity contribution < 1.29 is 19.2 Å². The van der Waals surface area contributed by atoms with Crippen molar-refractivity contribution >= 4 is 5.97 Å². The van der Waals surface area contributed by atoms with Crippen molar-refractivity contribution in [1.82, 2.24) is 4.57 Å². The number of imidazole rings is 1. The smallest absolute Gasteiger partial charge is 0.347 e. The Morgan fingerprint density at radius 1 is 0.914 bits per heavy atom. The second-order valence-electron chi connectivity index (χ2n) is 9.09. The third-order valence-corrected chi connectivity index (χ3v) is 6.40. The molecule has 0 unspecified atom stereocenters. The molecule has 3 aromatic carbocycles. The van der Waals surface area contributed by atoms with Gasteiger partial charge in [-0.15, -0.1) is 0 Å². The minimum absolute atomic E-state index is 0.217. The Hall–Kier alpha value is -3.70. The summed E-state index contributed by atoms with van der Waals surface area (Å²) in [6.45, 7) is 7.71. The average Bonchev–Trinajstić information content (AvgIpc) is 3.20. The molecule has 0 aliphatic carbocycles. The molecule has 0 amide bonds. The molecular weight excluding hydrogens is 436 g/mol. The Kier molecular flexibility index (Phi) is 7.47. The van der Waals surface area contributed by atoms with Crippen LogP contribution in [0.4, 0.5) is 0 Å². The van der Waals surface area contributed by atoms with Crippen LogP contribution in [0, 0.1) is 20.8 Å². The number of ether oxygens (including phenoxy) is 1. The minimum Gasteiger partial charge on any atom is -0.463 e. The third-order valence-electron chi connectivity index (χ3n) is 6.40. The van der Waals surface area contributed by atoms with E-state index in [2.05, 4.69) is 40.6 Å². The van der Waals surface area contributed by atoms with E-state index < -0.39 is 11.6 Å². The Morgan fingerprint density at radius 3 is 2.14 bits per heavy atom. The molecule has 35 heavy (non-hydrogen) atoms. The van der Waals surface area contributed by atoms with Gasteiger partial charge in [-0.2, -0.15) is 0 Å². The Morgan fingerprint density at radius 2 is 1.54 bits per heavy atom. The molecule has 1 aromatic heterocycles. The molecule has 1 heterocycles. The fraction of sp³-hybridized carbons (Fsp3) is 0.267. The summed E-state index contributed by atoms with van der Waals surface area (Å²) in [5, 5.41) is 11.7. The van der Waals surface area contributed by atoms with Crippen LogP contribution in [0.5, 0.6) is 0 Å². The van der Waals surface area contributed by atoms with Gasteiger partial charge in [-0.05, 0) is 30.5 Å². The number of aryl methyl sites for hydroxylation is 3. The number of hydrogen-bond acceptors (Lipinski definition) is 3. The van der Waals surface area contributed by atoms with Crippen LogP contribution in [-0.2, 0) is 28.2 Å². The fourth-order valence-electron chi connectivity index (χ4n) is 4.37. The van der Waals surface area contributed by atoms with Gasteiger partial charge in [-0.25, -0.2) is 13.9 Å². The molecule has 0 atom stereocenters. The van der Waals surface area contributed by atoms with Crippen molar-refractivity contribution in [3.63, 3.8) is 0 Å². The summed E-state index contributed by atoms with van der Waals surface area (Å²) in [5.74, 6) is 0.480. The van der Waals surface area contributed by atoms with Crippen LogP contribution < -0.4 is 4.57 Å². The van der Waals surface area contributed by atoms with E-state index in [1.165, 1.54) is 5.56 Å². The van der Waals surface area contributed by atoms with Gasteiger partial charge in [0.05, 0.1) is 13.2 Å². The second-order valence-corrected chi connectivity index (χ2v) is 9.09. The molecular formula is C30H33N2O3+. The topological polar surface area (TPSA) is 55.3 Å². The lowest BCUT2D eigenvalue weighted by atomic mass is 9.85. The number of hydrogen-bond donors (Lipinski definition) is 1. The molecule has 5 nitrogen and oxygen atoms in total. The van der Waals surface area contributed by atoms with E-state index >= 15 is 0 Å². The zero-order chi connectivity index (χ0) is 24.8. The zero-order valence-electron chi connectivity index (χ0n) is 20.6. The summed E-state index contributed by atoms with van der Waals surface area (Å²) in [6, 6.07) is 25.1. The number of aliphatic hydroxyl groups is 1. The van der Waals surface area contributed by atoms with Gasteiger partial charge in [-0.3, -0.25) is 0 Å². The predicted octanol–water partition coefficient (Wildman–Crippen LogP) is 4.62. The highest BCUT2D eigenvalue weighted by molar-refractivity contribution is 5.85. The zero-order valence-corrected chi connectivity index (χ0v) is 20.6. The first-order valence-corrected chi connectivity index (χ1v) is 12.0. The number of esters is 1. The second kappa shape index (κ2) is 10.7. The summed E-state index contributed by atoms with van der Waals surface area (Å²) in [6.07, 6.45) is 4.77. The van der Waals surface area contributed by atoms with Crippen LogP contribution in [0.2, 0.25) is 0 Å². The summed E-state index contributed by atoms with van der Waals surface area (Å²) < 4.78 is 10.0. The van der Waals surface area contributed by atoms with Crippen molar-refractivity contribution in [2.24, 2.45) is 0 Å². The highest BCUT2D eigenvalue weighted by atomic mass is 16.5. The van der Waals surface area contributed by atoms with E-state index in [1.807, 2.05) is 68.4 Å².